The van der Waals surface area contributed by atoms with Gasteiger partial charge in [0.25, 0.3) is 5.91 Å². The lowest BCUT2D eigenvalue weighted by Gasteiger charge is -2.29. The molecule has 2 heterocycles. The number of carbonyl (C=O) groups is 3. The van der Waals surface area contributed by atoms with Crippen LogP contribution in [0.3, 0.4) is 0 Å². The number of amides is 4. The number of rotatable bonds is 4. The highest BCUT2D eigenvalue weighted by molar-refractivity contribution is 6.32. The van der Waals surface area contributed by atoms with E-state index in [1.165, 1.54) is 6.21 Å². The molecule has 1 aromatic heterocycles. The van der Waals surface area contributed by atoms with Gasteiger partial charge in [-0.2, -0.15) is 0 Å². The molecule has 1 aliphatic rings. The van der Waals surface area contributed by atoms with Crippen molar-refractivity contribution < 1.29 is 14.4 Å². The molecular formula is C18H16N4O3. The van der Waals surface area contributed by atoms with Crippen LogP contribution in [0.4, 0.5) is 10.5 Å². The molecule has 25 heavy (non-hydrogen) atoms. The predicted molar refractivity (Wildman–Crippen MR) is 92.1 cm³/mol. The first-order chi connectivity index (χ1) is 12.1. The number of anilines is 1. The number of carbonyl (C=O) groups excluding carboxylic acids is 3. The second kappa shape index (κ2) is 7.04. The highest BCUT2D eigenvalue weighted by atomic mass is 16.2. The van der Waals surface area contributed by atoms with Gasteiger partial charge in [0.15, 0.2) is 5.92 Å². The van der Waals surface area contributed by atoms with E-state index in [1.54, 1.807) is 43.5 Å². The number of barbiturate groups is 1. The molecule has 0 bridgehead atoms. The number of hydrogen-bond donors (Lipinski definition) is 1. The van der Waals surface area contributed by atoms with Crippen molar-refractivity contribution in [1.82, 2.24) is 10.3 Å². The normalized spacial score (nSPS) is 17.9. The Bertz CT molecular complexity index is 848. The molecule has 0 saturated carbocycles. The maximum atomic E-state index is 12.7. The van der Waals surface area contributed by atoms with Crippen LogP contribution in [-0.4, -0.2) is 29.0 Å². The van der Waals surface area contributed by atoms with E-state index in [-0.39, 0.29) is 6.54 Å². The summed E-state index contributed by atoms with van der Waals surface area (Å²) in [5.41, 5.74) is 1.92. The van der Waals surface area contributed by atoms with E-state index >= 15 is 0 Å². The van der Waals surface area contributed by atoms with E-state index < -0.39 is 23.8 Å². The summed E-state index contributed by atoms with van der Waals surface area (Å²) in [6, 6.07) is 11.6. The van der Waals surface area contributed by atoms with Crippen LogP contribution in [0, 0.1) is 12.8 Å². The minimum absolute atomic E-state index is 0.246. The molecular weight excluding hydrogens is 320 g/mol. The Balaban J connectivity index is 1.82. The summed E-state index contributed by atoms with van der Waals surface area (Å²) in [5.74, 6) is -2.45. The van der Waals surface area contributed by atoms with Gasteiger partial charge in [-0.3, -0.25) is 24.9 Å². The third kappa shape index (κ3) is 3.45. The Morgan fingerprint density at radius 3 is 2.64 bits per heavy atom. The summed E-state index contributed by atoms with van der Waals surface area (Å²) >= 11 is 0. The zero-order chi connectivity index (χ0) is 17.8. The van der Waals surface area contributed by atoms with Gasteiger partial charge in [0.05, 0.1) is 17.9 Å². The number of para-hydroxylation sites is 1. The van der Waals surface area contributed by atoms with Crippen molar-refractivity contribution in [3.63, 3.8) is 0 Å². The summed E-state index contributed by atoms with van der Waals surface area (Å²) in [5, 5.41) is 2.20. The average molecular weight is 336 g/mol. The van der Waals surface area contributed by atoms with E-state index in [0.717, 1.165) is 10.5 Å². The van der Waals surface area contributed by atoms with Gasteiger partial charge in [-0.1, -0.05) is 24.3 Å². The molecule has 0 aliphatic carbocycles. The number of pyridine rings is 1. The zero-order valence-electron chi connectivity index (χ0n) is 13.5. The maximum Gasteiger partial charge on any atom is 0.335 e. The minimum Gasteiger partial charge on any atom is -0.290 e. The molecule has 1 saturated heterocycles. The highest BCUT2D eigenvalue weighted by Crippen LogP contribution is 2.23. The second-order valence-electron chi connectivity index (χ2n) is 5.54. The van der Waals surface area contributed by atoms with Crippen LogP contribution in [0.1, 0.15) is 11.3 Å². The average Bonchev–Trinajstić information content (AvgIpc) is 2.60. The monoisotopic (exact) mass is 336 g/mol. The topological polar surface area (TPSA) is 91.7 Å². The van der Waals surface area contributed by atoms with Gasteiger partial charge in [0, 0.05) is 12.4 Å². The van der Waals surface area contributed by atoms with Gasteiger partial charge in [-0.05, 0) is 30.7 Å². The van der Waals surface area contributed by atoms with Crippen LogP contribution < -0.4 is 10.2 Å². The van der Waals surface area contributed by atoms with Gasteiger partial charge >= 0.3 is 6.03 Å². The second-order valence-corrected chi connectivity index (χ2v) is 5.54. The lowest BCUT2D eigenvalue weighted by atomic mass is 10.0. The van der Waals surface area contributed by atoms with Crippen molar-refractivity contribution in [1.29, 1.82) is 0 Å². The zero-order valence-corrected chi connectivity index (χ0v) is 13.5. The van der Waals surface area contributed by atoms with Gasteiger partial charge < -0.3 is 0 Å². The third-order valence-electron chi connectivity index (χ3n) is 3.79. The quantitative estimate of drug-likeness (QED) is 0.681. The van der Waals surface area contributed by atoms with Crippen molar-refractivity contribution >= 4 is 29.7 Å². The van der Waals surface area contributed by atoms with Crippen LogP contribution in [0.5, 0.6) is 0 Å². The van der Waals surface area contributed by atoms with Crippen LogP contribution in [0.2, 0.25) is 0 Å². The first-order valence-corrected chi connectivity index (χ1v) is 7.72. The number of aryl methyl sites for hydroxylation is 1. The number of nitrogens with one attached hydrogen (secondary N) is 1. The van der Waals surface area contributed by atoms with Crippen molar-refractivity contribution in [3.8, 4) is 0 Å². The lowest BCUT2D eigenvalue weighted by molar-refractivity contribution is -0.131. The fourth-order valence-electron chi connectivity index (χ4n) is 2.51. The summed E-state index contributed by atoms with van der Waals surface area (Å²) in [6.07, 6.45) is 2.91. The van der Waals surface area contributed by atoms with E-state index in [9.17, 15) is 14.4 Å². The van der Waals surface area contributed by atoms with E-state index in [1.807, 2.05) is 12.1 Å². The summed E-state index contributed by atoms with van der Waals surface area (Å²) in [7, 11) is 0. The number of aromatic nitrogens is 1. The standard InChI is InChI=1S/C18H16N4O3/c1-12-6-2-3-8-15(12)22-17(24)14(16(23)21-18(22)25)11-19-10-13-7-4-5-9-20-13/h2-9,11,14H,10H2,1H3,(H,21,23,25)/t14-/m1/s1. The molecule has 0 unspecified atom stereocenters. The Morgan fingerprint density at radius 1 is 1.16 bits per heavy atom. The number of benzene rings is 1. The van der Waals surface area contributed by atoms with E-state index in [2.05, 4.69) is 15.3 Å². The maximum absolute atomic E-state index is 12.7. The van der Waals surface area contributed by atoms with Gasteiger partial charge in [-0.15, -0.1) is 0 Å². The molecule has 1 N–H and O–H groups in total. The molecule has 2 aromatic rings. The van der Waals surface area contributed by atoms with Gasteiger partial charge in [0.1, 0.15) is 0 Å². The number of urea groups is 1. The molecule has 7 heteroatoms. The number of hydrogen-bond acceptors (Lipinski definition) is 5. The third-order valence-corrected chi connectivity index (χ3v) is 3.79. The lowest BCUT2D eigenvalue weighted by Crippen LogP contribution is -2.58. The first-order valence-electron chi connectivity index (χ1n) is 7.72. The number of nitrogens with zero attached hydrogens (tertiary/aromatic N) is 3. The predicted octanol–water partition coefficient (Wildman–Crippen LogP) is 1.86. The molecule has 4 amide bonds. The van der Waals surface area contributed by atoms with Gasteiger partial charge in [-0.25, -0.2) is 9.69 Å². The fraction of sp³-hybridized carbons (Fsp3) is 0.167. The van der Waals surface area contributed by atoms with Crippen LogP contribution >= 0.6 is 0 Å². The van der Waals surface area contributed by atoms with Crippen LogP contribution in [0.15, 0.2) is 53.7 Å². The van der Waals surface area contributed by atoms with Crippen molar-refractivity contribution in [2.75, 3.05) is 4.90 Å². The molecule has 1 aliphatic heterocycles. The van der Waals surface area contributed by atoms with Crippen molar-refractivity contribution in [2.45, 2.75) is 13.5 Å². The Labute approximate surface area is 144 Å². The largest absolute Gasteiger partial charge is 0.335 e. The SMILES string of the molecule is Cc1ccccc1N1C(=O)NC(=O)[C@@H](C=NCc2ccccn2)C1=O. The molecule has 3 rings (SSSR count). The molecule has 126 valence electrons. The first kappa shape index (κ1) is 16.5. The van der Waals surface area contributed by atoms with Crippen LogP contribution in [-0.2, 0) is 16.1 Å². The van der Waals surface area contributed by atoms with Gasteiger partial charge in [0.2, 0.25) is 5.91 Å². The molecule has 0 radical (unpaired) electrons. The number of aliphatic imine (C=N–C) groups is 1. The van der Waals surface area contributed by atoms with Crippen molar-refractivity contribution in [2.24, 2.45) is 10.9 Å². The smallest absolute Gasteiger partial charge is 0.290 e. The highest BCUT2D eigenvalue weighted by Gasteiger charge is 2.40. The fourth-order valence-corrected chi connectivity index (χ4v) is 2.51. The summed E-state index contributed by atoms with van der Waals surface area (Å²) < 4.78 is 0. The minimum atomic E-state index is -1.15. The summed E-state index contributed by atoms with van der Waals surface area (Å²) in [6.45, 7) is 2.03. The molecule has 7 nitrogen and oxygen atoms in total. The molecule has 0 spiro atoms. The number of imide groups is 2. The van der Waals surface area contributed by atoms with Crippen LogP contribution in [0.25, 0.3) is 0 Å². The van der Waals surface area contributed by atoms with Crippen molar-refractivity contribution in [3.05, 3.63) is 59.9 Å². The Hall–Kier alpha value is -3.35. The summed E-state index contributed by atoms with van der Waals surface area (Å²) in [4.78, 5) is 46.1. The van der Waals surface area contributed by atoms with E-state index in [0.29, 0.717) is 11.4 Å². The Kier molecular flexibility index (Phi) is 4.65. The molecule has 1 fully saturated rings. The van der Waals surface area contributed by atoms with E-state index in [4.69, 9.17) is 0 Å². The molecule has 1 aromatic carbocycles. The molecule has 1 atom stereocenters. The Morgan fingerprint density at radius 2 is 1.92 bits per heavy atom.